The topological polar surface area (TPSA) is 146 Å². The average Bonchev–Trinajstić information content (AvgIpc) is 3.60. The number of carbonyl (C=O) groups is 3. The number of carbonyl (C=O) groups excluding carboxylic acids is 1. The zero-order chi connectivity index (χ0) is 32.4. The lowest BCUT2D eigenvalue weighted by Crippen LogP contribution is -2.33. The molecule has 3 N–H and O–H groups in total. The zero-order valence-corrected chi connectivity index (χ0v) is 23.3. The maximum Gasteiger partial charge on any atom is 0.490 e. The van der Waals surface area contributed by atoms with Crippen LogP contribution < -0.4 is 0 Å². The number of hydrogen-bond acceptors (Lipinski definition) is 7. The van der Waals surface area contributed by atoms with E-state index < -0.39 is 24.3 Å². The lowest BCUT2D eigenvalue weighted by atomic mass is 10.1. The molecule has 0 aliphatic rings. The number of carboxylic acid groups (broad SMARTS) is 2. The molecule has 0 spiro atoms. The van der Waals surface area contributed by atoms with Crippen LogP contribution in [0, 0.1) is 0 Å². The third kappa shape index (κ3) is 11.2. The largest absolute Gasteiger partial charge is 0.490 e. The fraction of sp³-hybridized carbons (Fsp3) is 0.240. The number of hydrogen-bond donors (Lipinski definition) is 3. The first-order valence-electron chi connectivity index (χ1n) is 11.6. The summed E-state index contributed by atoms with van der Waals surface area (Å²) in [5.41, 5.74) is 3.80. The highest BCUT2D eigenvalue weighted by Gasteiger charge is 2.38. The van der Waals surface area contributed by atoms with Crippen LogP contribution in [-0.4, -0.2) is 80.8 Å². The number of benzene rings is 2. The Morgan fingerprint density at radius 1 is 1.00 bits per heavy atom. The van der Waals surface area contributed by atoms with Gasteiger partial charge in [0.15, 0.2) is 5.01 Å². The second-order valence-electron chi connectivity index (χ2n) is 8.14. The number of aromatic nitrogens is 3. The van der Waals surface area contributed by atoms with Crippen LogP contribution in [0.1, 0.15) is 15.4 Å². The van der Waals surface area contributed by atoms with Crippen LogP contribution in [0.15, 0.2) is 54.9 Å². The fourth-order valence-corrected chi connectivity index (χ4v) is 4.24. The van der Waals surface area contributed by atoms with Gasteiger partial charge in [-0.15, -0.1) is 11.3 Å². The molecule has 10 nitrogen and oxygen atoms in total. The predicted octanol–water partition coefficient (Wildman–Crippen LogP) is 5.90. The number of H-pyrrole nitrogens is 1. The number of ether oxygens (including phenoxy) is 1. The van der Waals surface area contributed by atoms with Crippen LogP contribution >= 0.6 is 22.9 Å². The maximum atomic E-state index is 13.2. The number of halogens is 7. The van der Waals surface area contributed by atoms with Crippen molar-refractivity contribution in [3.8, 4) is 11.1 Å². The van der Waals surface area contributed by atoms with Crippen molar-refractivity contribution in [2.45, 2.75) is 18.9 Å². The van der Waals surface area contributed by atoms with E-state index in [2.05, 4.69) is 15.2 Å². The molecule has 0 fully saturated rings. The summed E-state index contributed by atoms with van der Waals surface area (Å²) >= 11 is 7.49. The zero-order valence-electron chi connectivity index (χ0n) is 21.7. The fourth-order valence-electron chi connectivity index (χ4n) is 3.05. The number of alkyl halides is 6. The third-order valence-electron chi connectivity index (χ3n) is 5.00. The molecule has 2 aromatic carbocycles. The van der Waals surface area contributed by atoms with Gasteiger partial charge in [-0.1, -0.05) is 29.8 Å². The molecule has 2 aromatic heterocycles. The van der Waals surface area contributed by atoms with Crippen molar-refractivity contribution < 1.29 is 55.7 Å². The maximum absolute atomic E-state index is 13.2. The molecule has 18 heteroatoms. The first kappa shape index (κ1) is 35.0. The molecule has 2 heterocycles. The molecule has 0 radical (unpaired) electrons. The van der Waals surface area contributed by atoms with Crippen LogP contribution in [0.3, 0.4) is 0 Å². The summed E-state index contributed by atoms with van der Waals surface area (Å²) in [6.45, 7) is 1.36. The van der Waals surface area contributed by atoms with Gasteiger partial charge in [0.2, 0.25) is 0 Å². The molecule has 232 valence electrons. The van der Waals surface area contributed by atoms with Crippen molar-refractivity contribution in [1.29, 1.82) is 0 Å². The molecule has 0 saturated heterocycles. The second-order valence-corrected chi connectivity index (χ2v) is 9.61. The summed E-state index contributed by atoms with van der Waals surface area (Å²) < 4.78 is 69.6. The van der Waals surface area contributed by atoms with Gasteiger partial charge in [-0.05, 0) is 35.4 Å². The van der Waals surface area contributed by atoms with E-state index in [-0.39, 0.29) is 5.91 Å². The van der Waals surface area contributed by atoms with Gasteiger partial charge in [0.25, 0.3) is 5.91 Å². The molecular weight excluding hydrogens is 634 g/mol. The number of rotatable bonds is 7. The lowest BCUT2D eigenvalue weighted by molar-refractivity contribution is -0.193. The number of aromatic amines is 1. The van der Waals surface area contributed by atoms with Crippen LogP contribution in [0.2, 0.25) is 5.02 Å². The molecule has 0 bridgehead atoms. The number of carboxylic acids is 2. The minimum absolute atomic E-state index is 0.118. The number of nitrogens with one attached hydrogen (secondary N) is 1. The second kappa shape index (κ2) is 15.3. The van der Waals surface area contributed by atoms with Gasteiger partial charge in [-0.25, -0.2) is 14.6 Å². The highest BCUT2D eigenvalue weighted by Crippen LogP contribution is 2.29. The first-order valence-corrected chi connectivity index (χ1v) is 12.7. The van der Waals surface area contributed by atoms with Crippen molar-refractivity contribution in [3.05, 3.63) is 70.5 Å². The van der Waals surface area contributed by atoms with Gasteiger partial charge < -0.3 is 19.8 Å². The molecule has 4 rings (SSSR count). The van der Waals surface area contributed by atoms with E-state index >= 15 is 0 Å². The molecule has 4 aromatic rings. The number of amides is 1. The van der Waals surface area contributed by atoms with Crippen LogP contribution in [-0.2, 0) is 20.9 Å². The lowest BCUT2D eigenvalue weighted by Gasteiger charge is -2.21. The van der Waals surface area contributed by atoms with Crippen LogP contribution in [0.4, 0.5) is 26.3 Å². The monoisotopic (exact) mass is 654 g/mol. The first-order chi connectivity index (χ1) is 20.0. The van der Waals surface area contributed by atoms with Crippen molar-refractivity contribution in [2.75, 3.05) is 20.3 Å². The van der Waals surface area contributed by atoms with Crippen LogP contribution in [0.5, 0.6) is 0 Å². The Hall–Kier alpha value is -4.22. The molecule has 1 amide bonds. The van der Waals surface area contributed by atoms with E-state index in [1.54, 1.807) is 18.2 Å². The number of fused-ring (bicyclic) bond motifs is 1. The van der Waals surface area contributed by atoms with E-state index in [1.807, 2.05) is 48.7 Å². The Morgan fingerprint density at radius 2 is 1.63 bits per heavy atom. The molecule has 0 atom stereocenters. The van der Waals surface area contributed by atoms with E-state index in [9.17, 15) is 31.1 Å². The Kier molecular flexibility index (Phi) is 12.5. The van der Waals surface area contributed by atoms with Crippen molar-refractivity contribution in [3.63, 3.8) is 0 Å². The number of aliphatic carboxylic acids is 2. The van der Waals surface area contributed by atoms with E-state index in [4.69, 9.17) is 36.1 Å². The normalized spacial score (nSPS) is 11.2. The molecule has 0 unspecified atom stereocenters. The highest BCUT2D eigenvalue weighted by molar-refractivity contribution is 7.20. The molecule has 0 aliphatic heterocycles. The van der Waals surface area contributed by atoms with E-state index in [0.29, 0.717) is 29.7 Å². The summed E-state index contributed by atoms with van der Waals surface area (Å²) in [7, 11) is 1.62. The average molecular weight is 655 g/mol. The number of thiazole rings is 1. The van der Waals surface area contributed by atoms with Gasteiger partial charge in [0.05, 0.1) is 23.0 Å². The molecule has 0 saturated carbocycles. The van der Waals surface area contributed by atoms with Crippen molar-refractivity contribution in [2.24, 2.45) is 0 Å². The van der Waals surface area contributed by atoms with Gasteiger partial charge in [0.1, 0.15) is 0 Å². The summed E-state index contributed by atoms with van der Waals surface area (Å²) in [4.78, 5) is 37.3. The Balaban J connectivity index is 0.000000384. The highest BCUT2D eigenvalue weighted by atomic mass is 35.5. The van der Waals surface area contributed by atoms with Gasteiger partial charge in [0, 0.05) is 37.0 Å². The molecule has 0 aliphatic carbocycles. The predicted molar refractivity (Wildman–Crippen MR) is 143 cm³/mol. The Bertz CT molecular complexity index is 1500. The SMILES string of the molecule is COCCN(Cc1cccc(Cl)c1)C(=O)c1nc2ccc(-c3cn[nH]c3)cc2s1.O=C(O)C(F)(F)F.O=C(O)C(F)(F)F. The van der Waals surface area contributed by atoms with Gasteiger partial charge in [-0.2, -0.15) is 31.4 Å². The summed E-state index contributed by atoms with van der Waals surface area (Å²) in [5.74, 6) is -5.63. The van der Waals surface area contributed by atoms with Gasteiger partial charge in [-0.3, -0.25) is 9.89 Å². The Morgan fingerprint density at radius 3 is 2.14 bits per heavy atom. The smallest absolute Gasteiger partial charge is 0.475 e. The summed E-state index contributed by atoms with van der Waals surface area (Å²) in [6, 6.07) is 13.5. The molecule has 43 heavy (non-hydrogen) atoms. The summed E-state index contributed by atoms with van der Waals surface area (Å²) in [6.07, 6.45) is -6.56. The third-order valence-corrected chi connectivity index (χ3v) is 6.24. The quantitative estimate of drug-likeness (QED) is 0.209. The minimum Gasteiger partial charge on any atom is -0.475 e. The molecular formula is C25H21ClF6N4O6S. The van der Waals surface area contributed by atoms with Crippen molar-refractivity contribution >= 4 is 51.0 Å². The minimum atomic E-state index is -5.08. The standard InChI is InChI=1S/C21H19ClN4O2S.2C2HF3O2/c1-28-8-7-26(13-14-3-2-4-17(22)9-14)21(27)20-25-18-6-5-15(10-19(18)29-20)16-11-23-24-12-16;2*3-2(4,5)1(6)7/h2-6,9-12H,7-8,13H2,1H3,(H,23,24);2*(H,6,7). The van der Waals surface area contributed by atoms with Crippen molar-refractivity contribution in [1.82, 2.24) is 20.1 Å². The van der Waals surface area contributed by atoms with Gasteiger partial charge >= 0.3 is 24.3 Å². The van der Waals surface area contributed by atoms with E-state index in [0.717, 1.165) is 26.9 Å². The van der Waals surface area contributed by atoms with E-state index in [1.165, 1.54) is 11.3 Å². The number of nitrogens with zero attached hydrogens (tertiary/aromatic N) is 3. The Labute approximate surface area is 247 Å². The number of methoxy groups -OCH3 is 1. The summed E-state index contributed by atoms with van der Waals surface area (Å²) in [5, 5.41) is 22.2. The van der Waals surface area contributed by atoms with Crippen LogP contribution in [0.25, 0.3) is 21.3 Å².